The third kappa shape index (κ3) is 5.52. The molecule has 0 unspecified atom stereocenters. The summed E-state index contributed by atoms with van der Waals surface area (Å²) in [5.74, 6) is -1.26. The van der Waals surface area contributed by atoms with Gasteiger partial charge in [-0.2, -0.15) is 10.5 Å². The maximum absolute atomic E-state index is 12.0. The minimum absolute atomic E-state index is 0.0137. The Morgan fingerprint density at radius 1 is 1.25 bits per heavy atom. The van der Waals surface area contributed by atoms with Gasteiger partial charge < -0.3 is 10.1 Å². The predicted octanol–water partition coefficient (Wildman–Crippen LogP) is 0.844. The Balaban J connectivity index is 1.90. The van der Waals surface area contributed by atoms with Crippen LogP contribution in [0.2, 0.25) is 0 Å². The summed E-state index contributed by atoms with van der Waals surface area (Å²) < 4.78 is 31.2. The fourth-order valence-corrected chi connectivity index (χ4v) is 3.55. The van der Waals surface area contributed by atoms with Crippen molar-refractivity contribution >= 4 is 21.9 Å². The highest BCUT2D eigenvalue weighted by atomic mass is 32.2. The Labute approximate surface area is 163 Å². The van der Waals surface area contributed by atoms with Gasteiger partial charge in [-0.05, 0) is 49.9 Å². The number of ether oxygens (including phenoxy) is 1. The molecule has 10 heteroatoms. The molecule has 1 fully saturated rings. The van der Waals surface area contributed by atoms with Crippen molar-refractivity contribution in [2.24, 2.45) is 5.92 Å². The number of rotatable bonds is 9. The summed E-state index contributed by atoms with van der Waals surface area (Å²) in [5.41, 5.74) is -0.896. The molecule has 1 aliphatic rings. The highest BCUT2D eigenvalue weighted by molar-refractivity contribution is 7.89. The number of carbonyl (C=O) groups is 2. The van der Waals surface area contributed by atoms with E-state index >= 15 is 0 Å². The molecule has 0 spiro atoms. The van der Waals surface area contributed by atoms with E-state index < -0.39 is 34.0 Å². The standard InChI is InChI=1S/C18H20N4O5S/c1-18(12-20,14-5-6-14)22-16(23)11-27-17(24)13-3-7-15(8-4-13)28(25,26)21-10-2-9-19/h3-4,7-8,14,21H,2,5-6,10-11H2,1H3,(H,22,23)/t18-/m1/s1. The third-order valence-electron chi connectivity index (χ3n) is 4.29. The van der Waals surface area contributed by atoms with E-state index in [9.17, 15) is 23.3 Å². The van der Waals surface area contributed by atoms with Gasteiger partial charge >= 0.3 is 5.97 Å². The Hall–Kier alpha value is -2.95. The number of sulfonamides is 1. The molecule has 0 radical (unpaired) electrons. The summed E-state index contributed by atoms with van der Waals surface area (Å²) >= 11 is 0. The molecule has 1 aromatic carbocycles. The second kappa shape index (κ2) is 8.83. The van der Waals surface area contributed by atoms with E-state index in [-0.39, 0.29) is 29.3 Å². The molecule has 2 N–H and O–H groups in total. The number of hydrogen-bond donors (Lipinski definition) is 2. The van der Waals surface area contributed by atoms with Crippen LogP contribution in [-0.2, 0) is 19.6 Å². The average Bonchev–Trinajstić information content (AvgIpc) is 3.52. The zero-order valence-electron chi connectivity index (χ0n) is 15.3. The van der Waals surface area contributed by atoms with Crippen LogP contribution in [0.15, 0.2) is 29.2 Å². The Bertz CT molecular complexity index is 926. The first-order valence-corrected chi connectivity index (χ1v) is 10.1. The molecule has 28 heavy (non-hydrogen) atoms. The lowest BCUT2D eigenvalue weighted by Gasteiger charge is -2.22. The highest BCUT2D eigenvalue weighted by Crippen LogP contribution is 2.39. The average molecular weight is 404 g/mol. The van der Waals surface area contributed by atoms with Crippen molar-refractivity contribution in [2.45, 2.75) is 36.6 Å². The van der Waals surface area contributed by atoms with Crippen molar-refractivity contribution in [1.29, 1.82) is 10.5 Å². The van der Waals surface area contributed by atoms with Gasteiger partial charge in [0.25, 0.3) is 5.91 Å². The number of hydrogen-bond acceptors (Lipinski definition) is 7. The Kier molecular flexibility index (Phi) is 6.73. The fraction of sp³-hybridized carbons (Fsp3) is 0.444. The summed E-state index contributed by atoms with van der Waals surface area (Å²) in [6.07, 6.45) is 1.77. The molecule has 1 aliphatic carbocycles. The molecule has 148 valence electrons. The molecule has 0 bridgehead atoms. The molecule has 1 saturated carbocycles. The number of carbonyl (C=O) groups excluding carboxylic acids is 2. The third-order valence-corrected chi connectivity index (χ3v) is 5.77. The van der Waals surface area contributed by atoms with Crippen molar-refractivity contribution in [3.05, 3.63) is 29.8 Å². The summed E-state index contributed by atoms with van der Waals surface area (Å²) in [6.45, 7) is 1.08. The van der Waals surface area contributed by atoms with Crippen molar-refractivity contribution in [2.75, 3.05) is 13.2 Å². The van der Waals surface area contributed by atoms with E-state index in [1.54, 1.807) is 6.92 Å². The van der Waals surface area contributed by atoms with Crippen molar-refractivity contribution in [3.63, 3.8) is 0 Å². The first-order chi connectivity index (χ1) is 13.2. The first-order valence-electron chi connectivity index (χ1n) is 8.58. The van der Waals surface area contributed by atoms with Crippen LogP contribution in [-0.4, -0.2) is 39.0 Å². The van der Waals surface area contributed by atoms with E-state index in [1.807, 2.05) is 6.07 Å². The van der Waals surface area contributed by atoms with Gasteiger partial charge in [-0.25, -0.2) is 17.9 Å². The van der Waals surface area contributed by atoms with E-state index in [4.69, 9.17) is 10.00 Å². The summed E-state index contributed by atoms with van der Waals surface area (Å²) in [5, 5.41) is 20.2. The lowest BCUT2D eigenvalue weighted by atomic mass is 9.98. The van der Waals surface area contributed by atoms with E-state index in [1.165, 1.54) is 24.3 Å². The van der Waals surface area contributed by atoms with Gasteiger partial charge in [0.15, 0.2) is 6.61 Å². The second-order valence-corrected chi connectivity index (χ2v) is 8.31. The second-order valence-electron chi connectivity index (χ2n) is 6.54. The number of nitrogens with one attached hydrogen (secondary N) is 2. The maximum Gasteiger partial charge on any atom is 0.338 e. The van der Waals surface area contributed by atoms with Crippen LogP contribution >= 0.6 is 0 Å². The molecule has 0 aliphatic heterocycles. The quantitative estimate of drug-likeness (QED) is 0.457. The Morgan fingerprint density at radius 2 is 1.89 bits per heavy atom. The van der Waals surface area contributed by atoms with Crippen LogP contribution in [0.25, 0.3) is 0 Å². The molecule has 0 saturated heterocycles. The predicted molar refractivity (Wildman–Crippen MR) is 97.0 cm³/mol. The van der Waals surface area contributed by atoms with Crippen LogP contribution in [0.4, 0.5) is 0 Å². The van der Waals surface area contributed by atoms with Crippen LogP contribution < -0.4 is 10.0 Å². The van der Waals surface area contributed by atoms with Crippen LogP contribution in [0, 0.1) is 28.6 Å². The van der Waals surface area contributed by atoms with Crippen molar-refractivity contribution in [1.82, 2.24) is 10.0 Å². The Morgan fingerprint density at radius 3 is 2.43 bits per heavy atom. The minimum Gasteiger partial charge on any atom is -0.452 e. The molecule has 1 atom stereocenters. The molecular formula is C18H20N4O5S. The maximum atomic E-state index is 12.0. The lowest BCUT2D eigenvalue weighted by molar-refractivity contribution is -0.125. The zero-order chi connectivity index (χ0) is 20.8. The molecular weight excluding hydrogens is 384 g/mol. The lowest BCUT2D eigenvalue weighted by Crippen LogP contribution is -2.48. The van der Waals surface area contributed by atoms with Gasteiger partial charge in [0.05, 0.1) is 22.6 Å². The summed E-state index contributed by atoms with van der Waals surface area (Å²) in [6, 6.07) is 8.89. The molecule has 0 aromatic heterocycles. The fourth-order valence-electron chi connectivity index (χ4n) is 2.52. The van der Waals surface area contributed by atoms with Crippen LogP contribution in [0.3, 0.4) is 0 Å². The molecule has 2 rings (SSSR count). The van der Waals surface area contributed by atoms with E-state index in [2.05, 4.69) is 16.1 Å². The SMILES string of the molecule is C[C@](C#N)(NC(=O)COC(=O)c1ccc(S(=O)(=O)NCCC#N)cc1)C1CC1. The minimum atomic E-state index is -3.77. The highest BCUT2D eigenvalue weighted by Gasteiger charge is 2.43. The topological polar surface area (TPSA) is 149 Å². The van der Waals surface area contributed by atoms with Gasteiger partial charge in [-0.15, -0.1) is 0 Å². The normalized spacial score (nSPS) is 15.5. The van der Waals surface area contributed by atoms with Crippen LogP contribution in [0.1, 0.15) is 36.5 Å². The number of amides is 1. The van der Waals surface area contributed by atoms with Gasteiger partial charge in [0, 0.05) is 13.0 Å². The van der Waals surface area contributed by atoms with Crippen molar-refractivity contribution in [3.8, 4) is 12.1 Å². The van der Waals surface area contributed by atoms with Gasteiger partial charge in [-0.1, -0.05) is 0 Å². The molecule has 1 amide bonds. The molecule has 0 heterocycles. The van der Waals surface area contributed by atoms with Gasteiger partial charge in [0.2, 0.25) is 10.0 Å². The molecule has 9 nitrogen and oxygen atoms in total. The van der Waals surface area contributed by atoms with E-state index in [0.29, 0.717) is 0 Å². The number of nitriles is 2. The summed E-state index contributed by atoms with van der Waals surface area (Å²) in [4.78, 5) is 23.9. The van der Waals surface area contributed by atoms with Crippen LogP contribution in [0.5, 0.6) is 0 Å². The first kappa shape index (κ1) is 21.4. The van der Waals surface area contributed by atoms with Gasteiger partial charge in [-0.3, -0.25) is 4.79 Å². The number of benzene rings is 1. The smallest absolute Gasteiger partial charge is 0.338 e. The number of nitrogens with zero attached hydrogens (tertiary/aromatic N) is 2. The largest absolute Gasteiger partial charge is 0.452 e. The van der Waals surface area contributed by atoms with E-state index in [0.717, 1.165) is 12.8 Å². The number of esters is 1. The monoisotopic (exact) mass is 404 g/mol. The summed E-state index contributed by atoms with van der Waals surface area (Å²) in [7, 11) is -3.77. The van der Waals surface area contributed by atoms with Gasteiger partial charge in [0.1, 0.15) is 5.54 Å². The van der Waals surface area contributed by atoms with Crippen molar-refractivity contribution < 1.29 is 22.7 Å². The molecule has 1 aromatic rings. The zero-order valence-corrected chi connectivity index (χ0v) is 16.1.